The summed E-state index contributed by atoms with van der Waals surface area (Å²) in [6, 6.07) is 7.41. The summed E-state index contributed by atoms with van der Waals surface area (Å²) in [5, 5.41) is 17.7. The lowest BCUT2D eigenvalue weighted by Crippen LogP contribution is -2.13. The number of halogens is 1. The number of hydrogen-bond acceptors (Lipinski definition) is 5. The SMILES string of the molecule is NC(=O)c1ncc(-c2cn(Cc3ccc(F)cc3)nn2)cc1O. The van der Waals surface area contributed by atoms with Gasteiger partial charge in [-0.2, -0.15) is 0 Å². The van der Waals surface area contributed by atoms with E-state index >= 15 is 0 Å². The van der Waals surface area contributed by atoms with E-state index in [0.717, 1.165) is 5.56 Å². The fourth-order valence-corrected chi connectivity index (χ4v) is 2.07. The average Bonchev–Trinajstić information content (AvgIpc) is 2.97. The smallest absolute Gasteiger partial charge is 0.271 e. The fraction of sp³-hybridized carbons (Fsp3) is 0.0667. The largest absolute Gasteiger partial charge is 0.505 e. The van der Waals surface area contributed by atoms with Crippen molar-refractivity contribution in [3.8, 4) is 17.0 Å². The number of pyridine rings is 1. The minimum absolute atomic E-state index is 0.201. The lowest BCUT2D eigenvalue weighted by atomic mass is 10.2. The van der Waals surface area contributed by atoms with E-state index in [2.05, 4.69) is 15.3 Å². The van der Waals surface area contributed by atoms with Crippen LogP contribution in [0.2, 0.25) is 0 Å². The summed E-state index contributed by atoms with van der Waals surface area (Å²) in [6.45, 7) is 0.423. The number of nitrogens with two attached hydrogens (primary N) is 1. The third-order valence-corrected chi connectivity index (χ3v) is 3.19. The molecule has 0 bridgehead atoms. The summed E-state index contributed by atoms with van der Waals surface area (Å²) < 4.78 is 14.5. The second-order valence-corrected chi connectivity index (χ2v) is 4.88. The topological polar surface area (TPSA) is 107 Å². The number of primary amides is 1. The van der Waals surface area contributed by atoms with Gasteiger partial charge in [0.05, 0.1) is 12.7 Å². The van der Waals surface area contributed by atoms with Crippen LogP contribution in [0.5, 0.6) is 5.75 Å². The number of amides is 1. The lowest BCUT2D eigenvalue weighted by Gasteiger charge is -2.01. The van der Waals surface area contributed by atoms with Crippen molar-refractivity contribution in [1.82, 2.24) is 20.0 Å². The highest BCUT2D eigenvalue weighted by Gasteiger charge is 2.12. The molecule has 1 amide bonds. The van der Waals surface area contributed by atoms with Gasteiger partial charge in [0.15, 0.2) is 5.69 Å². The Kier molecular flexibility index (Phi) is 3.71. The number of hydrogen-bond donors (Lipinski definition) is 2. The number of aromatic hydroxyl groups is 1. The zero-order chi connectivity index (χ0) is 16.4. The molecule has 0 spiro atoms. The van der Waals surface area contributed by atoms with Crippen LogP contribution in [0.15, 0.2) is 42.7 Å². The van der Waals surface area contributed by atoms with Crippen LogP contribution in [0, 0.1) is 5.82 Å². The predicted octanol–water partition coefficient (Wildman–Crippen LogP) is 1.33. The van der Waals surface area contributed by atoms with E-state index in [4.69, 9.17) is 5.73 Å². The zero-order valence-corrected chi connectivity index (χ0v) is 11.8. The van der Waals surface area contributed by atoms with Crippen molar-refractivity contribution < 1.29 is 14.3 Å². The standard InChI is InChI=1S/C15H12FN5O2/c16-11-3-1-9(2-4-11)7-21-8-12(19-20-21)10-5-13(22)14(15(17)23)18-6-10/h1-6,8,22H,7H2,(H2,17,23). The van der Waals surface area contributed by atoms with Gasteiger partial charge in [0.1, 0.15) is 17.3 Å². The first-order chi connectivity index (χ1) is 11.0. The molecule has 0 aliphatic rings. The number of benzene rings is 1. The van der Waals surface area contributed by atoms with Gasteiger partial charge in [-0.15, -0.1) is 5.10 Å². The molecule has 2 aromatic heterocycles. The molecule has 0 atom stereocenters. The highest BCUT2D eigenvalue weighted by Crippen LogP contribution is 2.22. The summed E-state index contributed by atoms with van der Waals surface area (Å²) >= 11 is 0. The molecule has 8 heteroatoms. The molecular weight excluding hydrogens is 301 g/mol. The maximum Gasteiger partial charge on any atom is 0.271 e. The first-order valence-corrected chi connectivity index (χ1v) is 6.66. The van der Waals surface area contributed by atoms with Crippen LogP contribution in [0.1, 0.15) is 16.1 Å². The summed E-state index contributed by atoms with van der Waals surface area (Å²) in [5.74, 6) is -1.43. The fourth-order valence-electron chi connectivity index (χ4n) is 2.07. The lowest BCUT2D eigenvalue weighted by molar-refractivity contribution is 0.0993. The van der Waals surface area contributed by atoms with E-state index in [1.165, 1.54) is 24.4 Å². The Labute approximate surface area is 130 Å². The second-order valence-electron chi connectivity index (χ2n) is 4.88. The van der Waals surface area contributed by atoms with Gasteiger partial charge in [0.25, 0.3) is 5.91 Å². The molecule has 0 fully saturated rings. The van der Waals surface area contributed by atoms with Gasteiger partial charge >= 0.3 is 0 Å². The Balaban J connectivity index is 1.83. The molecule has 0 saturated carbocycles. The Morgan fingerprint density at radius 3 is 2.70 bits per heavy atom. The van der Waals surface area contributed by atoms with Gasteiger partial charge < -0.3 is 10.8 Å². The zero-order valence-electron chi connectivity index (χ0n) is 11.8. The van der Waals surface area contributed by atoms with E-state index in [1.807, 2.05) is 0 Å². The number of carbonyl (C=O) groups excluding carboxylic acids is 1. The molecule has 0 aliphatic heterocycles. The third-order valence-electron chi connectivity index (χ3n) is 3.19. The highest BCUT2D eigenvalue weighted by atomic mass is 19.1. The highest BCUT2D eigenvalue weighted by molar-refractivity contribution is 5.93. The van der Waals surface area contributed by atoms with E-state index in [-0.39, 0.29) is 17.3 Å². The van der Waals surface area contributed by atoms with Crippen molar-refractivity contribution in [1.29, 1.82) is 0 Å². The molecule has 116 valence electrons. The Morgan fingerprint density at radius 2 is 2.04 bits per heavy atom. The first-order valence-electron chi connectivity index (χ1n) is 6.66. The Morgan fingerprint density at radius 1 is 1.30 bits per heavy atom. The number of carbonyl (C=O) groups is 1. The van der Waals surface area contributed by atoms with Crippen molar-refractivity contribution in [2.75, 3.05) is 0 Å². The minimum Gasteiger partial charge on any atom is -0.505 e. The van der Waals surface area contributed by atoms with E-state index in [1.54, 1.807) is 23.0 Å². The summed E-state index contributed by atoms with van der Waals surface area (Å²) in [5.41, 5.74) is 6.73. The molecule has 3 N–H and O–H groups in total. The van der Waals surface area contributed by atoms with Gasteiger partial charge in [0.2, 0.25) is 0 Å². The van der Waals surface area contributed by atoms with Gasteiger partial charge in [-0.05, 0) is 23.8 Å². The molecular formula is C15H12FN5O2. The first kappa shape index (κ1) is 14.6. The molecule has 0 unspecified atom stereocenters. The monoisotopic (exact) mass is 313 g/mol. The van der Waals surface area contributed by atoms with Crippen LogP contribution in [0.25, 0.3) is 11.3 Å². The van der Waals surface area contributed by atoms with Crippen LogP contribution in [-0.2, 0) is 6.54 Å². The van der Waals surface area contributed by atoms with E-state index in [0.29, 0.717) is 17.8 Å². The Hall–Kier alpha value is -3.29. The van der Waals surface area contributed by atoms with Gasteiger partial charge in [-0.25, -0.2) is 14.1 Å². The maximum absolute atomic E-state index is 12.9. The van der Waals surface area contributed by atoms with Crippen LogP contribution in [0.4, 0.5) is 4.39 Å². The minimum atomic E-state index is -0.811. The second kappa shape index (κ2) is 5.84. The van der Waals surface area contributed by atoms with Gasteiger partial charge in [-0.3, -0.25) is 4.79 Å². The average molecular weight is 313 g/mol. The summed E-state index contributed by atoms with van der Waals surface area (Å²) in [4.78, 5) is 14.9. The molecule has 1 aromatic carbocycles. The Bertz CT molecular complexity index is 861. The number of rotatable bonds is 4. The molecule has 0 saturated heterocycles. The number of nitrogens with zero attached hydrogens (tertiary/aromatic N) is 4. The maximum atomic E-state index is 12.9. The van der Waals surface area contributed by atoms with Crippen molar-refractivity contribution >= 4 is 5.91 Å². The van der Waals surface area contributed by atoms with Crippen LogP contribution >= 0.6 is 0 Å². The molecule has 2 heterocycles. The summed E-state index contributed by atoms with van der Waals surface area (Å²) in [7, 11) is 0. The van der Waals surface area contributed by atoms with Crippen molar-refractivity contribution in [3.63, 3.8) is 0 Å². The van der Waals surface area contributed by atoms with Crippen molar-refractivity contribution in [2.45, 2.75) is 6.54 Å². The molecule has 0 radical (unpaired) electrons. The van der Waals surface area contributed by atoms with E-state index < -0.39 is 5.91 Å². The number of aromatic nitrogens is 4. The normalized spacial score (nSPS) is 10.7. The van der Waals surface area contributed by atoms with Crippen LogP contribution < -0.4 is 5.73 Å². The van der Waals surface area contributed by atoms with Gasteiger partial charge in [0, 0.05) is 11.8 Å². The molecule has 3 aromatic rings. The van der Waals surface area contributed by atoms with Crippen LogP contribution in [0.3, 0.4) is 0 Å². The molecule has 0 aliphatic carbocycles. The van der Waals surface area contributed by atoms with Crippen molar-refractivity contribution in [2.24, 2.45) is 5.73 Å². The summed E-state index contributed by atoms with van der Waals surface area (Å²) in [6.07, 6.45) is 3.04. The predicted molar refractivity (Wildman–Crippen MR) is 78.9 cm³/mol. The van der Waals surface area contributed by atoms with Crippen molar-refractivity contribution in [3.05, 3.63) is 59.8 Å². The van der Waals surface area contributed by atoms with Gasteiger partial charge in [-0.1, -0.05) is 17.3 Å². The molecule has 23 heavy (non-hydrogen) atoms. The van der Waals surface area contributed by atoms with Crippen LogP contribution in [-0.4, -0.2) is 31.0 Å². The molecule has 3 rings (SSSR count). The third kappa shape index (κ3) is 3.15. The van der Waals surface area contributed by atoms with E-state index in [9.17, 15) is 14.3 Å². The quantitative estimate of drug-likeness (QED) is 0.755. The molecule has 7 nitrogen and oxygen atoms in total.